The van der Waals surface area contributed by atoms with Crippen LogP contribution >= 0.6 is 0 Å². The molecule has 148 valence electrons. The van der Waals surface area contributed by atoms with E-state index in [0.717, 1.165) is 0 Å². The summed E-state index contributed by atoms with van der Waals surface area (Å²) in [6.45, 7) is 0. The number of rotatable bonds is 4. The Morgan fingerprint density at radius 1 is 1.07 bits per heavy atom. The molecule has 2 heterocycles. The monoisotopic (exact) mass is 393 g/mol. The molecule has 0 saturated heterocycles. The van der Waals surface area contributed by atoms with E-state index in [2.05, 4.69) is 19.9 Å². The number of fused-ring (bicyclic) bond motifs is 1. The minimum absolute atomic E-state index is 0.134. The highest BCUT2D eigenvalue weighted by molar-refractivity contribution is 6.12. The molecular formula is C20H19N5O4. The lowest BCUT2D eigenvalue weighted by Crippen LogP contribution is -2.04. The number of aromatic nitrogens is 4. The van der Waals surface area contributed by atoms with E-state index in [4.69, 9.17) is 15.2 Å². The van der Waals surface area contributed by atoms with Crippen LogP contribution < -0.4 is 15.2 Å². The van der Waals surface area contributed by atoms with Crippen LogP contribution in [0, 0.1) is 0 Å². The van der Waals surface area contributed by atoms with Gasteiger partial charge in [-0.25, -0.2) is 15.0 Å². The van der Waals surface area contributed by atoms with E-state index < -0.39 is 0 Å². The van der Waals surface area contributed by atoms with Gasteiger partial charge in [0.25, 0.3) is 0 Å². The van der Waals surface area contributed by atoms with Crippen molar-refractivity contribution in [2.45, 2.75) is 0 Å². The van der Waals surface area contributed by atoms with Crippen LogP contribution in [0.5, 0.6) is 17.2 Å². The number of ether oxygens (including phenoxy) is 2. The summed E-state index contributed by atoms with van der Waals surface area (Å²) in [7, 11) is 2.92. The maximum Gasteiger partial charge on any atom is 0.200 e. The smallest absolute Gasteiger partial charge is 0.200 e. The number of nitrogens with one attached hydrogen (secondary N) is 1. The average molecular weight is 393 g/mol. The number of carbonyl (C=O) groups is 1. The second-order valence-corrected chi connectivity index (χ2v) is 5.78. The number of aromatic hydroxyl groups is 1. The number of nitrogen functional groups attached to an aromatic ring is 1. The summed E-state index contributed by atoms with van der Waals surface area (Å²) in [5.41, 5.74) is 7.40. The first-order chi connectivity index (χ1) is 14.0. The second kappa shape index (κ2) is 8.70. The molecule has 9 heteroatoms. The maximum atomic E-state index is 12.4. The lowest BCUT2D eigenvalue weighted by atomic mass is 10.0. The molecule has 9 nitrogen and oxygen atoms in total. The Balaban J connectivity index is 0.000000200. The molecule has 0 atom stereocenters. The molecular weight excluding hydrogens is 374 g/mol. The van der Waals surface area contributed by atoms with Gasteiger partial charge >= 0.3 is 0 Å². The first-order valence-corrected chi connectivity index (χ1v) is 8.49. The van der Waals surface area contributed by atoms with E-state index in [-0.39, 0.29) is 22.8 Å². The largest absolute Gasteiger partial charge is 0.507 e. The highest BCUT2D eigenvalue weighted by Crippen LogP contribution is 2.34. The number of hydrogen-bond donors (Lipinski definition) is 3. The fraction of sp³-hybridized carbons (Fsp3) is 0.100. The molecule has 0 radical (unpaired) electrons. The third-order valence-electron chi connectivity index (χ3n) is 4.03. The standard InChI is InChI=1S/C15H14O4.C5H5N5/c1-18-11-8-12(16)14(13(9-11)19-2)15(17)10-6-4-3-5-7-10;6-4-3-5(9-1-7-3)10-2-8-4/h3-9,16H,1-2H3;1-2H,(H3,6,7,8,9,10). The van der Waals surface area contributed by atoms with Crippen LogP contribution in [0.2, 0.25) is 0 Å². The van der Waals surface area contributed by atoms with Crippen molar-refractivity contribution in [2.75, 3.05) is 20.0 Å². The summed E-state index contributed by atoms with van der Waals surface area (Å²) in [5.74, 6) is 0.690. The Kier molecular flexibility index (Phi) is 5.88. The minimum Gasteiger partial charge on any atom is -0.507 e. The molecule has 0 aliphatic carbocycles. The quantitative estimate of drug-likeness (QED) is 0.450. The topological polar surface area (TPSA) is 136 Å². The summed E-state index contributed by atoms with van der Waals surface area (Å²) in [6.07, 6.45) is 2.92. The Bertz CT molecular complexity index is 1130. The fourth-order valence-corrected chi connectivity index (χ4v) is 2.60. The maximum absolute atomic E-state index is 12.4. The van der Waals surface area contributed by atoms with Crippen molar-refractivity contribution < 1.29 is 19.4 Å². The van der Waals surface area contributed by atoms with E-state index >= 15 is 0 Å². The second-order valence-electron chi connectivity index (χ2n) is 5.78. The fourth-order valence-electron chi connectivity index (χ4n) is 2.60. The summed E-state index contributed by atoms with van der Waals surface area (Å²) in [5, 5.41) is 9.99. The van der Waals surface area contributed by atoms with Gasteiger partial charge in [0.05, 0.1) is 20.5 Å². The van der Waals surface area contributed by atoms with Gasteiger partial charge in [0.15, 0.2) is 11.5 Å². The number of phenols is 1. The number of nitrogens with zero attached hydrogens (tertiary/aromatic N) is 3. The van der Waals surface area contributed by atoms with Crippen LogP contribution in [0.3, 0.4) is 0 Å². The van der Waals surface area contributed by atoms with Gasteiger partial charge in [0, 0.05) is 17.7 Å². The van der Waals surface area contributed by atoms with Gasteiger partial charge in [-0.2, -0.15) is 0 Å². The Hall–Kier alpha value is -4.14. The van der Waals surface area contributed by atoms with Crippen LogP contribution in [0.4, 0.5) is 5.82 Å². The predicted octanol–water partition coefficient (Wildman–Crippen LogP) is 2.58. The summed E-state index contributed by atoms with van der Waals surface area (Å²) < 4.78 is 10.2. The van der Waals surface area contributed by atoms with Gasteiger partial charge in [-0.1, -0.05) is 30.3 Å². The molecule has 4 aromatic rings. The number of H-pyrrole nitrogens is 1. The molecule has 4 rings (SSSR count). The molecule has 4 N–H and O–H groups in total. The minimum atomic E-state index is -0.294. The van der Waals surface area contributed by atoms with E-state index in [1.807, 2.05) is 6.07 Å². The van der Waals surface area contributed by atoms with Crippen LogP contribution in [0.15, 0.2) is 55.1 Å². The number of imidazole rings is 1. The molecule has 0 unspecified atom stereocenters. The van der Waals surface area contributed by atoms with Crippen molar-refractivity contribution in [2.24, 2.45) is 0 Å². The molecule has 0 fully saturated rings. The van der Waals surface area contributed by atoms with Gasteiger partial charge in [-0.15, -0.1) is 0 Å². The van der Waals surface area contributed by atoms with Gasteiger partial charge < -0.3 is 25.3 Å². The van der Waals surface area contributed by atoms with Gasteiger partial charge in [0.2, 0.25) is 5.78 Å². The van der Waals surface area contributed by atoms with Crippen LogP contribution in [0.1, 0.15) is 15.9 Å². The number of benzene rings is 2. The van der Waals surface area contributed by atoms with E-state index in [1.54, 1.807) is 30.3 Å². The van der Waals surface area contributed by atoms with Crippen LogP contribution in [0.25, 0.3) is 11.2 Å². The molecule has 2 aromatic carbocycles. The van der Waals surface area contributed by atoms with Crippen molar-refractivity contribution in [3.8, 4) is 17.2 Å². The Morgan fingerprint density at radius 3 is 2.48 bits per heavy atom. The highest BCUT2D eigenvalue weighted by atomic mass is 16.5. The summed E-state index contributed by atoms with van der Waals surface area (Å²) in [4.78, 5) is 26.7. The number of aromatic amines is 1. The Labute approximate surface area is 166 Å². The van der Waals surface area contributed by atoms with E-state index in [0.29, 0.717) is 28.3 Å². The van der Waals surface area contributed by atoms with Crippen LogP contribution in [-0.4, -0.2) is 45.0 Å². The van der Waals surface area contributed by atoms with Gasteiger partial charge in [-0.3, -0.25) is 4.79 Å². The van der Waals surface area contributed by atoms with Gasteiger partial charge in [-0.05, 0) is 0 Å². The lowest BCUT2D eigenvalue weighted by molar-refractivity contribution is 0.103. The van der Waals surface area contributed by atoms with Crippen molar-refractivity contribution in [1.82, 2.24) is 19.9 Å². The third kappa shape index (κ3) is 4.24. The zero-order chi connectivity index (χ0) is 20.8. The third-order valence-corrected chi connectivity index (χ3v) is 4.03. The lowest BCUT2D eigenvalue weighted by Gasteiger charge is -2.11. The van der Waals surface area contributed by atoms with Crippen molar-refractivity contribution in [3.63, 3.8) is 0 Å². The summed E-state index contributed by atoms with van der Waals surface area (Å²) >= 11 is 0. The van der Waals surface area contributed by atoms with Crippen molar-refractivity contribution >= 4 is 22.8 Å². The zero-order valence-electron chi connectivity index (χ0n) is 15.8. The zero-order valence-corrected chi connectivity index (χ0v) is 15.8. The summed E-state index contributed by atoms with van der Waals surface area (Å²) in [6, 6.07) is 11.7. The number of hydrogen-bond acceptors (Lipinski definition) is 8. The van der Waals surface area contributed by atoms with Crippen molar-refractivity contribution in [3.05, 3.63) is 66.2 Å². The number of phenolic OH excluding ortho intramolecular Hbond substituents is 1. The SMILES string of the molecule is COc1cc(O)c(C(=O)c2ccccc2)c(OC)c1.Nc1ncnc2nc[nH]c12. The molecule has 0 aliphatic rings. The highest BCUT2D eigenvalue weighted by Gasteiger charge is 2.20. The van der Waals surface area contributed by atoms with Crippen LogP contribution in [-0.2, 0) is 0 Å². The Morgan fingerprint density at radius 2 is 1.83 bits per heavy atom. The number of carbonyl (C=O) groups excluding carboxylic acids is 1. The molecule has 0 amide bonds. The van der Waals surface area contributed by atoms with Gasteiger partial charge in [0.1, 0.15) is 34.7 Å². The number of nitrogens with two attached hydrogens (primary N) is 1. The molecule has 0 spiro atoms. The number of methoxy groups -OCH3 is 2. The number of anilines is 1. The molecule has 0 bridgehead atoms. The normalized spacial score (nSPS) is 10.1. The molecule has 0 aliphatic heterocycles. The number of ketones is 1. The molecule has 0 saturated carbocycles. The molecule has 29 heavy (non-hydrogen) atoms. The first-order valence-electron chi connectivity index (χ1n) is 8.49. The average Bonchev–Trinajstić information content (AvgIpc) is 3.24. The van der Waals surface area contributed by atoms with E-state index in [1.165, 1.54) is 32.9 Å². The first kappa shape index (κ1) is 19.6. The van der Waals surface area contributed by atoms with Crippen molar-refractivity contribution in [1.29, 1.82) is 0 Å². The molecule has 2 aromatic heterocycles. The predicted molar refractivity (Wildman–Crippen MR) is 107 cm³/mol. The van der Waals surface area contributed by atoms with E-state index in [9.17, 15) is 9.90 Å².